The van der Waals surface area contributed by atoms with Gasteiger partial charge in [0.2, 0.25) is 5.78 Å². The second kappa shape index (κ2) is 5.71. The molecule has 0 aliphatic carbocycles. The second-order valence-electron chi connectivity index (χ2n) is 5.52. The molecule has 21 heavy (non-hydrogen) atoms. The number of ether oxygens (including phenoxy) is 2. The Hall–Kier alpha value is -2.11. The number of hydrogen-bond acceptors (Lipinski definition) is 5. The van der Waals surface area contributed by atoms with Gasteiger partial charge in [-0.2, -0.15) is 0 Å². The van der Waals surface area contributed by atoms with Crippen LogP contribution in [0.3, 0.4) is 0 Å². The first-order chi connectivity index (χ1) is 9.86. The maximum Gasteiger partial charge on any atom is 0.351 e. The summed E-state index contributed by atoms with van der Waals surface area (Å²) in [5.41, 5.74) is -0.541. The van der Waals surface area contributed by atoms with Crippen molar-refractivity contribution in [3.05, 3.63) is 23.2 Å². The monoisotopic (exact) mass is 294 g/mol. The minimum atomic E-state index is -1.34. The topological polar surface area (TPSA) is 89.9 Å². The minimum Gasteiger partial charge on any atom is -0.491 e. The molecule has 2 rings (SSSR count). The fourth-order valence-electron chi connectivity index (χ4n) is 2.54. The number of allylic oxidation sites excluding steroid dienone is 2. The van der Waals surface area contributed by atoms with Crippen molar-refractivity contribution in [1.82, 2.24) is 0 Å². The first-order valence-electron chi connectivity index (χ1n) is 7.00. The lowest BCUT2D eigenvalue weighted by Crippen LogP contribution is -2.22. The first-order valence-corrected chi connectivity index (χ1v) is 7.00. The van der Waals surface area contributed by atoms with E-state index in [1.807, 2.05) is 6.92 Å². The van der Waals surface area contributed by atoms with E-state index in [1.54, 1.807) is 0 Å². The van der Waals surface area contributed by atoms with Crippen molar-refractivity contribution in [1.29, 1.82) is 0 Å². The molecule has 1 unspecified atom stereocenters. The first kappa shape index (κ1) is 15.3. The highest BCUT2D eigenvalue weighted by atomic mass is 16.6. The smallest absolute Gasteiger partial charge is 0.351 e. The summed E-state index contributed by atoms with van der Waals surface area (Å²) >= 11 is 0. The highest BCUT2D eigenvalue weighted by Gasteiger charge is 2.43. The number of Topliss-reactive ketones (excluding diaryl/α,β-unsaturated/α-hetero) is 1. The van der Waals surface area contributed by atoms with E-state index in [0.717, 1.165) is 25.7 Å². The Morgan fingerprint density at radius 3 is 2.76 bits per heavy atom. The molecule has 0 amide bonds. The standard InChI is InChI=1S/C15H18O6/c1-3-4-6-15(2)7-5-9(21-15)12-13(18)10(8-11(16)17)20-14(12)19/h8H,3-7H2,1-2H3,(H,16,17). The molecule has 2 heterocycles. The van der Waals surface area contributed by atoms with Crippen molar-refractivity contribution >= 4 is 17.7 Å². The van der Waals surface area contributed by atoms with Crippen LogP contribution < -0.4 is 0 Å². The number of carbonyl (C=O) groups is 3. The predicted molar refractivity (Wildman–Crippen MR) is 72.1 cm³/mol. The molecule has 2 saturated heterocycles. The molecule has 0 radical (unpaired) electrons. The third-order valence-corrected chi connectivity index (χ3v) is 3.70. The highest BCUT2D eigenvalue weighted by molar-refractivity contribution is 6.29. The Morgan fingerprint density at radius 1 is 1.43 bits per heavy atom. The molecule has 6 heteroatoms. The fraction of sp³-hybridized carbons (Fsp3) is 0.533. The van der Waals surface area contributed by atoms with Gasteiger partial charge >= 0.3 is 11.9 Å². The lowest BCUT2D eigenvalue weighted by Gasteiger charge is -2.23. The van der Waals surface area contributed by atoms with Crippen LogP contribution in [0, 0.1) is 0 Å². The number of unbranched alkanes of at least 4 members (excludes halogenated alkanes) is 1. The maximum absolute atomic E-state index is 12.0. The van der Waals surface area contributed by atoms with Crippen molar-refractivity contribution in [2.24, 2.45) is 0 Å². The van der Waals surface area contributed by atoms with E-state index >= 15 is 0 Å². The number of rotatable bonds is 4. The maximum atomic E-state index is 12.0. The van der Waals surface area contributed by atoms with Gasteiger partial charge in [-0.3, -0.25) is 4.79 Å². The van der Waals surface area contributed by atoms with Gasteiger partial charge in [0.05, 0.1) is 6.08 Å². The summed E-state index contributed by atoms with van der Waals surface area (Å²) in [6.07, 6.45) is 4.69. The van der Waals surface area contributed by atoms with Gasteiger partial charge in [0.15, 0.2) is 5.76 Å². The largest absolute Gasteiger partial charge is 0.491 e. The molecular weight excluding hydrogens is 276 g/mol. The lowest BCUT2D eigenvalue weighted by atomic mass is 9.95. The van der Waals surface area contributed by atoms with Gasteiger partial charge in [0, 0.05) is 6.42 Å². The summed E-state index contributed by atoms with van der Waals surface area (Å²) in [6.45, 7) is 4.04. The molecule has 6 nitrogen and oxygen atoms in total. The van der Waals surface area contributed by atoms with E-state index in [1.165, 1.54) is 0 Å². The third kappa shape index (κ3) is 3.15. The number of carboxylic acid groups (broad SMARTS) is 1. The quantitative estimate of drug-likeness (QED) is 0.485. The molecule has 1 N–H and O–H groups in total. The number of carboxylic acids is 1. The zero-order valence-electron chi connectivity index (χ0n) is 12.1. The Bertz CT molecular complexity index is 557. The molecular formula is C15H18O6. The van der Waals surface area contributed by atoms with Gasteiger partial charge in [-0.15, -0.1) is 0 Å². The zero-order chi connectivity index (χ0) is 15.6. The summed E-state index contributed by atoms with van der Waals surface area (Å²) in [5.74, 6) is -3.02. The molecule has 1 atom stereocenters. The number of cyclic esters (lactones) is 1. The number of carbonyl (C=O) groups excluding carboxylic acids is 2. The van der Waals surface area contributed by atoms with E-state index < -0.39 is 23.5 Å². The number of esters is 1. The Kier molecular flexibility index (Phi) is 4.16. The van der Waals surface area contributed by atoms with Crippen molar-refractivity contribution < 1.29 is 29.0 Å². The molecule has 0 aromatic heterocycles. The molecule has 2 fully saturated rings. The van der Waals surface area contributed by atoms with Crippen LogP contribution in [-0.2, 0) is 23.9 Å². The Morgan fingerprint density at radius 2 is 2.14 bits per heavy atom. The van der Waals surface area contributed by atoms with Crippen molar-refractivity contribution in [3.8, 4) is 0 Å². The molecule has 0 aromatic rings. The third-order valence-electron chi connectivity index (χ3n) is 3.70. The van der Waals surface area contributed by atoms with E-state index in [0.29, 0.717) is 18.3 Å². The summed E-state index contributed by atoms with van der Waals surface area (Å²) in [5, 5.41) is 8.64. The van der Waals surface area contributed by atoms with Gasteiger partial charge in [-0.25, -0.2) is 9.59 Å². The number of aliphatic carboxylic acids is 1. The van der Waals surface area contributed by atoms with Crippen LogP contribution in [-0.4, -0.2) is 28.4 Å². The summed E-state index contributed by atoms with van der Waals surface area (Å²) in [7, 11) is 0. The van der Waals surface area contributed by atoms with Crippen LogP contribution in [0.2, 0.25) is 0 Å². The van der Waals surface area contributed by atoms with Crippen LogP contribution in [0.4, 0.5) is 0 Å². The number of hydrogen-bond donors (Lipinski definition) is 1. The summed E-state index contributed by atoms with van der Waals surface area (Å²) in [4.78, 5) is 34.4. The highest BCUT2D eigenvalue weighted by Crippen LogP contribution is 2.39. The van der Waals surface area contributed by atoms with Crippen LogP contribution >= 0.6 is 0 Å². The summed E-state index contributed by atoms with van der Waals surface area (Å²) in [6, 6.07) is 0. The zero-order valence-corrected chi connectivity index (χ0v) is 12.1. The average molecular weight is 294 g/mol. The van der Waals surface area contributed by atoms with E-state index in [-0.39, 0.29) is 11.2 Å². The lowest BCUT2D eigenvalue weighted by molar-refractivity contribution is -0.133. The SMILES string of the molecule is CCCCC1(C)CCC(=C2C(=O)OC(=CC(=O)O)C2=O)O1. The molecule has 0 saturated carbocycles. The van der Waals surface area contributed by atoms with Gasteiger partial charge in [0.1, 0.15) is 16.9 Å². The number of ketones is 1. The second-order valence-corrected chi connectivity index (χ2v) is 5.52. The fourth-order valence-corrected chi connectivity index (χ4v) is 2.54. The Labute approximate surface area is 122 Å². The molecule has 0 aromatic carbocycles. The summed E-state index contributed by atoms with van der Waals surface area (Å²) < 4.78 is 10.5. The normalized spacial score (nSPS) is 30.7. The van der Waals surface area contributed by atoms with Gasteiger partial charge in [-0.05, 0) is 26.2 Å². The van der Waals surface area contributed by atoms with Gasteiger partial charge in [0.25, 0.3) is 0 Å². The van der Waals surface area contributed by atoms with Crippen LogP contribution in [0.15, 0.2) is 23.2 Å². The van der Waals surface area contributed by atoms with Gasteiger partial charge in [-0.1, -0.05) is 13.3 Å². The molecule has 2 aliphatic heterocycles. The van der Waals surface area contributed by atoms with E-state index in [9.17, 15) is 14.4 Å². The van der Waals surface area contributed by atoms with Crippen molar-refractivity contribution in [3.63, 3.8) is 0 Å². The Balaban J connectivity index is 2.23. The van der Waals surface area contributed by atoms with Crippen LogP contribution in [0.5, 0.6) is 0 Å². The van der Waals surface area contributed by atoms with Gasteiger partial charge < -0.3 is 14.6 Å². The van der Waals surface area contributed by atoms with Crippen LogP contribution in [0.25, 0.3) is 0 Å². The van der Waals surface area contributed by atoms with Crippen molar-refractivity contribution in [2.75, 3.05) is 0 Å². The van der Waals surface area contributed by atoms with E-state index in [4.69, 9.17) is 14.6 Å². The minimum absolute atomic E-state index is 0.164. The average Bonchev–Trinajstić information content (AvgIpc) is 2.89. The van der Waals surface area contributed by atoms with Crippen LogP contribution in [0.1, 0.15) is 46.0 Å². The molecule has 114 valence electrons. The van der Waals surface area contributed by atoms with Crippen molar-refractivity contribution in [2.45, 2.75) is 51.6 Å². The molecule has 0 bridgehead atoms. The molecule has 2 aliphatic rings. The van der Waals surface area contributed by atoms with E-state index in [2.05, 4.69) is 6.92 Å². The molecule has 0 spiro atoms. The predicted octanol–water partition coefficient (Wildman–Crippen LogP) is 2.09.